The number of amides is 1. The molecule has 1 aromatic rings. The van der Waals surface area contributed by atoms with Gasteiger partial charge in [0.2, 0.25) is 5.95 Å². The van der Waals surface area contributed by atoms with Crippen LogP contribution < -0.4 is 5.32 Å². The van der Waals surface area contributed by atoms with Crippen LogP contribution in [0.5, 0.6) is 0 Å². The van der Waals surface area contributed by atoms with Crippen molar-refractivity contribution in [3.05, 3.63) is 29.8 Å². The van der Waals surface area contributed by atoms with Crippen molar-refractivity contribution in [2.24, 2.45) is 5.41 Å². The van der Waals surface area contributed by atoms with Crippen molar-refractivity contribution in [2.75, 3.05) is 0 Å². The molecule has 1 aliphatic rings. The van der Waals surface area contributed by atoms with E-state index in [0.717, 1.165) is 18.9 Å². The van der Waals surface area contributed by atoms with E-state index in [0.29, 0.717) is 12.8 Å². The molecule has 2 N–H and O–H groups in total. The fourth-order valence-electron chi connectivity index (χ4n) is 2.59. The Labute approximate surface area is 116 Å². The maximum atomic E-state index is 13.0. The number of aromatic nitrogens is 1. The first-order valence-electron chi connectivity index (χ1n) is 6.60. The van der Waals surface area contributed by atoms with Crippen molar-refractivity contribution in [1.82, 2.24) is 10.3 Å². The highest BCUT2D eigenvalue weighted by molar-refractivity contribution is 5.93. The SMILES string of the molecule is CC1(C(=O)O)CCCCC1NC(=O)c1cccc(F)n1. The highest BCUT2D eigenvalue weighted by Gasteiger charge is 2.44. The minimum absolute atomic E-state index is 0.0386. The lowest BCUT2D eigenvalue weighted by Gasteiger charge is -2.38. The van der Waals surface area contributed by atoms with Gasteiger partial charge in [-0.05, 0) is 31.9 Å². The largest absolute Gasteiger partial charge is 0.481 e. The molecule has 0 spiro atoms. The number of carbonyl (C=O) groups is 2. The summed E-state index contributed by atoms with van der Waals surface area (Å²) in [6.07, 6.45) is 2.81. The Morgan fingerprint density at radius 3 is 2.85 bits per heavy atom. The van der Waals surface area contributed by atoms with E-state index in [4.69, 9.17) is 0 Å². The topological polar surface area (TPSA) is 79.3 Å². The summed E-state index contributed by atoms with van der Waals surface area (Å²) in [5, 5.41) is 12.1. The number of carbonyl (C=O) groups excluding carboxylic acids is 1. The van der Waals surface area contributed by atoms with Crippen LogP contribution in [0.25, 0.3) is 0 Å². The molecule has 0 aliphatic heterocycles. The van der Waals surface area contributed by atoms with Crippen molar-refractivity contribution in [2.45, 2.75) is 38.6 Å². The second-order valence-corrected chi connectivity index (χ2v) is 5.34. The maximum absolute atomic E-state index is 13.0. The first-order valence-corrected chi connectivity index (χ1v) is 6.60. The number of nitrogens with zero attached hydrogens (tertiary/aromatic N) is 1. The molecule has 1 amide bonds. The lowest BCUT2D eigenvalue weighted by atomic mass is 9.71. The average molecular weight is 280 g/mol. The number of hydrogen-bond donors (Lipinski definition) is 2. The Morgan fingerprint density at radius 1 is 1.45 bits per heavy atom. The molecule has 5 nitrogen and oxygen atoms in total. The molecular weight excluding hydrogens is 263 g/mol. The summed E-state index contributed by atoms with van der Waals surface area (Å²) in [5.41, 5.74) is -1.02. The molecule has 0 bridgehead atoms. The quantitative estimate of drug-likeness (QED) is 0.830. The van der Waals surface area contributed by atoms with Gasteiger partial charge in [0.05, 0.1) is 5.41 Å². The van der Waals surface area contributed by atoms with Crippen LogP contribution in [0, 0.1) is 11.4 Å². The van der Waals surface area contributed by atoms with Crippen LogP contribution >= 0.6 is 0 Å². The van der Waals surface area contributed by atoms with Gasteiger partial charge in [0, 0.05) is 6.04 Å². The third-order valence-corrected chi connectivity index (χ3v) is 3.95. The van der Waals surface area contributed by atoms with Gasteiger partial charge in [0.15, 0.2) is 0 Å². The van der Waals surface area contributed by atoms with Gasteiger partial charge in [0.1, 0.15) is 5.69 Å². The zero-order valence-corrected chi connectivity index (χ0v) is 11.2. The summed E-state index contributed by atoms with van der Waals surface area (Å²) >= 11 is 0. The Bertz CT molecular complexity index is 535. The molecule has 0 radical (unpaired) electrons. The van der Waals surface area contributed by atoms with Gasteiger partial charge in [0.25, 0.3) is 5.91 Å². The molecule has 20 heavy (non-hydrogen) atoms. The molecule has 1 heterocycles. The number of rotatable bonds is 3. The van der Waals surface area contributed by atoms with Gasteiger partial charge < -0.3 is 10.4 Å². The fraction of sp³-hybridized carbons (Fsp3) is 0.500. The summed E-state index contributed by atoms with van der Waals surface area (Å²) < 4.78 is 13.0. The number of pyridine rings is 1. The Hall–Kier alpha value is -1.98. The summed E-state index contributed by atoms with van der Waals surface area (Å²) in [5.74, 6) is -2.19. The third kappa shape index (κ3) is 2.79. The zero-order valence-electron chi connectivity index (χ0n) is 11.2. The van der Waals surface area contributed by atoms with Gasteiger partial charge in [-0.1, -0.05) is 18.9 Å². The van der Waals surface area contributed by atoms with E-state index >= 15 is 0 Å². The molecule has 1 saturated carbocycles. The average Bonchev–Trinajstić information content (AvgIpc) is 2.41. The summed E-state index contributed by atoms with van der Waals surface area (Å²) in [6, 6.07) is 3.48. The molecule has 1 aromatic heterocycles. The van der Waals surface area contributed by atoms with E-state index in [9.17, 15) is 19.1 Å². The van der Waals surface area contributed by atoms with Gasteiger partial charge >= 0.3 is 5.97 Å². The van der Waals surface area contributed by atoms with Gasteiger partial charge in [-0.15, -0.1) is 0 Å². The van der Waals surface area contributed by atoms with Crippen LogP contribution in [0.15, 0.2) is 18.2 Å². The van der Waals surface area contributed by atoms with Crippen molar-refractivity contribution < 1.29 is 19.1 Å². The van der Waals surface area contributed by atoms with Gasteiger partial charge in [-0.2, -0.15) is 4.39 Å². The molecule has 0 saturated heterocycles. The smallest absolute Gasteiger partial charge is 0.311 e. The summed E-state index contributed by atoms with van der Waals surface area (Å²) in [4.78, 5) is 27.0. The van der Waals surface area contributed by atoms with Crippen LogP contribution in [-0.2, 0) is 4.79 Å². The Balaban J connectivity index is 2.15. The van der Waals surface area contributed by atoms with Gasteiger partial charge in [-0.3, -0.25) is 9.59 Å². The van der Waals surface area contributed by atoms with E-state index < -0.39 is 29.3 Å². The van der Waals surface area contributed by atoms with Crippen molar-refractivity contribution in [3.63, 3.8) is 0 Å². The molecule has 1 aliphatic carbocycles. The molecule has 2 rings (SSSR count). The second kappa shape index (κ2) is 5.56. The number of carboxylic acids is 1. The number of carboxylic acid groups (broad SMARTS) is 1. The van der Waals surface area contributed by atoms with E-state index in [1.807, 2.05) is 0 Å². The lowest BCUT2D eigenvalue weighted by Crippen LogP contribution is -2.52. The van der Waals surface area contributed by atoms with E-state index in [1.54, 1.807) is 6.92 Å². The van der Waals surface area contributed by atoms with E-state index in [-0.39, 0.29) is 5.69 Å². The number of halogens is 1. The highest BCUT2D eigenvalue weighted by atomic mass is 19.1. The van der Waals surface area contributed by atoms with Gasteiger partial charge in [-0.25, -0.2) is 4.98 Å². The lowest BCUT2D eigenvalue weighted by molar-refractivity contribution is -0.151. The number of aliphatic carboxylic acids is 1. The van der Waals surface area contributed by atoms with E-state index in [1.165, 1.54) is 12.1 Å². The molecule has 2 unspecified atom stereocenters. The monoisotopic (exact) mass is 280 g/mol. The number of hydrogen-bond acceptors (Lipinski definition) is 3. The number of nitrogens with one attached hydrogen (secondary N) is 1. The van der Waals surface area contributed by atoms with Crippen molar-refractivity contribution in [3.8, 4) is 0 Å². The Kier molecular flexibility index (Phi) is 4.01. The Morgan fingerprint density at radius 2 is 2.20 bits per heavy atom. The molecule has 2 atom stereocenters. The van der Waals surface area contributed by atoms with Crippen molar-refractivity contribution in [1.29, 1.82) is 0 Å². The maximum Gasteiger partial charge on any atom is 0.311 e. The van der Waals surface area contributed by atoms with Crippen molar-refractivity contribution >= 4 is 11.9 Å². The molecule has 108 valence electrons. The molecule has 1 fully saturated rings. The molecule has 0 aromatic carbocycles. The summed E-state index contributed by atoms with van der Waals surface area (Å²) in [6.45, 7) is 1.64. The van der Waals surface area contributed by atoms with E-state index in [2.05, 4.69) is 10.3 Å². The van der Waals surface area contributed by atoms with Crippen LogP contribution in [-0.4, -0.2) is 28.0 Å². The highest BCUT2D eigenvalue weighted by Crippen LogP contribution is 2.36. The third-order valence-electron chi connectivity index (χ3n) is 3.95. The standard InChI is InChI=1S/C14H17FN2O3/c1-14(13(19)20)8-3-2-6-10(14)17-12(18)9-5-4-7-11(15)16-9/h4-5,7,10H,2-3,6,8H2,1H3,(H,17,18)(H,19,20). The molecular formula is C14H17FN2O3. The normalized spacial score (nSPS) is 26.0. The zero-order chi connectivity index (χ0) is 14.8. The van der Waals surface area contributed by atoms with Crippen LogP contribution in [0.2, 0.25) is 0 Å². The predicted molar refractivity (Wildman–Crippen MR) is 69.7 cm³/mol. The van der Waals surface area contributed by atoms with Crippen LogP contribution in [0.4, 0.5) is 4.39 Å². The predicted octanol–water partition coefficient (Wildman–Crippen LogP) is 1.98. The fourth-order valence-corrected chi connectivity index (χ4v) is 2.59. The second-order valence-electron chi connectivity index (χ2n) is 5.34. The molecule has 6 heteroatoms. The first kappa shape index (κ1) is 14.4. The minimum atomic E-state index is -0.985. The first-order chi connectivity index (χ1) is 9.43. The summed E-state index contributed by atoms with van der Waals surface area (Å²) in [7, 11) is 0. The minimum Gasteiger partial charge on any atom is -0.481 e. The van der Waals surface area contributed by atoms with Crippen LogP contribution in [0.3, 0.4) is 0 Å². The van der Waals surface area contributed by atoms with Crippen LogP contribution in [0.1, 0.15) is 43.1 Å².